The predicted octanol–water partition coefficient (Wildman–Crippen LogP) is 2.41. The second kappa shape index (κ2) is 6.04. The highest BCUT2D eigenvalue weighted by molar-refractivity contribution is 6.30. The fraction of sp³-hybridized carbons (Fsp3) is 0.769. The zero-order chi connectivity index (χ0) is 13.0. The van der Waals surface area contributed by atoms with Crippen LogP contribution in [0.4, 0.5) is 0 Å². The zero-order valence-electron chi connectivity index (χ0n) is 10.9. The Morgan fingerprint density at radius 3 is 2.83 bits per heavy atom. The third-order valence-electron chi connectivity index (χ3n) is 3.80. The fourth-order valence-electron chi connectivity index (χ4n) is 2.29. The number of rotatable bonds is 7. The van der Waals surface area contributed by atoms with E-state index in [1.807, 2.05) is 0 Å². The molecule has 0 aromatic carbocycles. The van der Waals surface area contributed by atoms with E-state index in [-0.39, 0.29) is 12.1 Å². The van der Waals surface area contributed by atoms with Gasteiger partial charge in [0.1, 0.15) is 5.82 Å². The van der Waals surface area contributed by atoms with E-state index in [0.29, 0.717) is 11.7 Å². The van der Waals surface area contributed by atoms with Gasteiger partial charge in [-0.15, -0.1) is 0 Å². The number of aliphatic hydroxyl groups is 1. The van der Waals surface area contributed by atoms with Crippen molar-refractivity contribution in [3.05, 3.63) is 16.7 Å². The Hall–Kier alpha value is -0.580. The van der Waals surface area contributed by atoms with E-state index in [1.165, 1.54) is 6.42 Å². The molecule has 0 bridgehead atoms. The first-order valence-corrected chi connectivity index (χ1v) is 7.16. The Labute approximate surface area is 113 Å². The lowest BCUT2D eigenvalue weighted by Gasteiger charge is -2.41. The van der Waals surface area contributed by atoms with Crippen LogP contribution in [0.25, 0.3) is 0 Å². The summed E-state index contributed by atoms with van der Waals surface area (Å²) in [6.07, 6.45) is 6.49. The SMILES string of the molecule is CCCCc1nc(Cl)c(CNC2(CO)CCC2)[nH]1. The van der Waals surface area contributed by atoms with Crippen molar-refractivity contribution in [3.63, 3.8) is 0 Å². The van der Waals surface area contributed by atoms with Gasteiger partial charge in [-0.3, -0.25) is 0 Å². The van der Waals surface area contributed by atoms with Gasteiger partial charge >= 0.3 is 0 Å². The molecule has 18 heavy (non-hydrogen) atoms. The molecule has 0 unspecified atom stereocenters. The van der Waals surface area contributed by atoms with Crippen LogP contribution in [0.2, 0.25) is 5.15 Å². The molecule has 0 saturated heterocycles. The van der Waals surface area contributed by atoms with Crippen molar-refractivity contribution in [2.24, 2.45) is 0 Å². The number of halogens is 1. The van der Waals surface area contributed by atoms with Crippen LogP contribution in [-0.2, 0) is 13.0 Å². The molecule has 1 aliphatic carbocycles. The molecule has 2 rings (SSSR count). The molecule has 1 aromatic heterocycles. The van der Waals surface area contributed by atoms with Crippen molar-refractivity contribution >= 4 is 11.6 Å². The van der Waals surface area contributed by atoms with Crippen molar-refractivity contribution in [2.75, 3.05) is 6.61 Å². The minimum Gasteiger partial charge on any atom is -0.394 e. The molecule has 1 aromatic rings. The summed E-state index contributed by atoms with van der Waals surface area (Å²) in [6, 6.07) is 0. The lowest BCUT2D eigenvalue weighted by Crippen LogP contribution is -2.53. The summed E-state index contributed by atoms with van der Waals surface area (Å²) in [5.74, 6) is 0.963. The maximum absolute atomic E-state index is 9.38. The summed E-state index contributed by atoms with van der Waals surface area (Å²) in [5, 5.41) is 13.3. The number of aromatic amines is 1. The second-order valence-corrected chi connectivity index (χ2v) is 5.56. The monoisotopic (exact) mass is 271 g/mol. The van der Waals surface area contributed by atoms with Gasteiger partial charge in [-0.2, -0.15) is 0 Å². The van der Waals surface area contributed by atoms with E-state index in [0.717, 1.165) is 43.6 Å². The van der Waals surface area contributed by atoms with Crippen molar-refractivity contribution < 1.29 is 5.11 Å². The molecule has 0 atom stereocenters. The summed E-state index contributed by atoms with van der Waals surface area (Å²) < 4.78 is 0. The number of aromatic nitrogens is 2. The van der Waals surface area contributed by atoms with Crippen molar-refractivity contribution in [3.8, 4) is 0 Å². The molecule has 0 radical (unpaired) electrons. The first kappa shape index (κ1) is 13.8. The maximum atomic E-state index is 9.38. The molecule has 1 heterocycles. The Kier molecular flexibility index (Phi) is 4.65. The van der Waals surface area contributed by atoms with Crippen LogP contribution in [0.1, 0.15) is 50.5 Å². The van der Waals surface area contributed by atoms with Crippen molar-refractivity contribution in [2.45, 2.75) is 57.5 Å². The van der Waals surface area contributed by atoms with E-state index in [1.54, 1.807) is 0 Å². The molecular formula is C13H22ClN3O. The molecule has 0 spiro atoms. The van der Waals surface area contributed by atoms with Gasteiger partial charge in [0.25, 0.3) is 0 Å². The fourth-order valence-corrected chi connectivity index (χ4v) is 2.51. The Balaban J connectivity index is 1.90. The third-order valence-corrected chi connectivity index (χ3v) is 4.11. The topological polar surface area (TPSA) is 60.9 Å². The molecule has 1 fully saturated rings. The van der Waals surface area contributed by atoms with Gasteiger partial charge in [0.15, 0.2) is 5.15 Å². The minimum absolute atomic E-state index is 0.0853. The van der Waals surface area contributed by atoms with Crippen LogP contribution < -0.4 is 5.32 Å². The summed E-state index contributed by atoms with van der Waals surface area (Å²) >= 11 is 6.11. The van der Waals surface area contributed by atoms with Crippen LogP contribution >= 0.6 is 11.6 Å². The maximum Gasteiger partial charge on any atom is 0.151 e. The largest absolute Gasteiger partial charge is 0.394 e. The number of unbranched alkanes of at least 4 members (excludes halogenated alkanes) is 1. The molecule has 4 nitrogen and oxygen atoms in total. The lowest BCUT2D eigenvalue weighted by molar-refractivity contribution is 0.0869. The Morgan fingerprint density at radius 2 is 2.28 bits per heavy atom. The Morgan fingerprint density at radius 1 is 1.50 bits per heavy atom. The predicted molar refractivity (Wildman–Crippen MR) is 72.7 cm³/mol. The second-order valence-electron chi connectivity index (χ2n) is 5.20. The molecule has 0 aliphatic heterocycles. The number of hydrogen-bond donors (Lipinski definition) is 3. The number of hydrogen-bond acceptors (Lipinski definition) is 3. The van der Waals surface area contributed by atoms with Crippen LogP contribution in [0.15, 0.2) is 0 Å². The molecule has 1 aliphatic rings. The number of aliphatic hydroxyl groups excluding tert-OH is 1. The van der Waals surface area contributed by atoms with Gasteiger partial charge in [-0.1, -0.05) is 24.9 Å². The number of H-pyrrole nitrogens is 1. The number of nitrogens with zero attached hydrogens (tertiary/aromatic N) is 1. The highest BCUT2D eigenvalue weighted by Crippen LogP contribution is 2.31. The van der Waals surface area contributed by atoms with Crippen molar-refractivity contribution in [1.82, 2.24) is 15.3 Å². The Bertz CT molecular complexity index is 382. The van der Waals surface area contributed by atoms with Gasteiger partial charge in [0.05, 0.1) is 12.3 Å². The van der Waals surface area contributed by atoms with Crippen LogP contribution in [0.5, 0.6) is 0 Å². The number of aryl methyl sites for hydroxylation is 1. The van der Waals surface area contributed by atoms with Crippen LogP contribution in [0.3, 0.4) is 0 Å². The molecule has 102 valence electrons. The average Bonchev–Trinajstić information content (AvgIpc) is 2.67. The quantitative estimate of drug-likeness (QED) is 0.714. The van der Waals surface area contributed by atoms with Crippen molar-refractivity contribution in [1.29, 1.82) is 0 Å². The third kappa shape index (κ3) is 3.05. The lowest BCUT2D eigenvalue weighted by atomic mass is 9.77. The molecule has 0 amide bonds. The van der Waals surface area contributed by atoms with E-state index >= 15 is 0 Å². The van der Waals surface area contributed by atoms with E-state index in [9.17, 15) is 5.11 Å². The van der Waals surface area contributed by atoms with E-state index in [4.69, 9.17) is 11.6 Å². The summed E-state index contributed by atoms with van der Waals surface area (Å²) in [6.45, 7) is 3.01. The van der Waals surface area contributed by atoms with Gasteiger partial charge < -0.3 is 15.4 Å². The minimum atomic E-state index is -0.0853. The molecular weight excluding hydrogens is 250 g/mol. The zero-order valence-corrected chi connectivity index (χ0v) is 11.7. The average molecular weight is 272 g/mol. The molecule has 3 N–H and O–H groups in total. The standard InChI is InChI=1S/C13H22ClN3O/c1-2-3-5-11-16-10(12(14)17-11)8-15-13(9-18)6-4-7-13/h15,18H,2-9H2,1H3,(H,16,17). The van der Waals surface area contributed by atoms with Gasteiger partial charge in [0, 0.05) is 18.5 Å². The molecule has 5 heteroatoms. The number of nitrogens with one attached hydrogen (secondary N) is 2. The van der Waals surface area contributed by atoms with Gasteiger partial charge in [-0.25, -0.2) is 4.98 Å². The summed E-state index contributed by atoms with van der Waals surface area (Å²) in [5.41, 5.74) is 0.848. The number of imidazole rings is 1. The summed E-state index contributed by atoms with van der Waals surface area (Å²) in [7, 11) is 0. The van der Waals surface area contributed by atoms with Gasteiger partial charge in [0.2, 0.25) is 0 Å². The highest BCUT2D eigenvalue weighted by Gasteiger charge is 2.35. The first-order valence-electron chi connectivity index (χ1n) is 6.78. The summed E-state index contributed by atoms with van der Waals surface area (Å²) in [4.78, 5) is 7.60. The van der Waals surface area contributed by atoms with Gasteiger partial charge in [-0.05, 0) is 25.7 Å². The van der Waals surface area contributed by atoms with Crippen LogP contribution in [0, 0.1) is 0 Å². The molecule has 1 saturated carbocycles. The normalized spacial score (nSPS) is 17.7. The smallest absolute Gasteiger partial charge is 0.151 e. The van der Waals surface area contributed by atoms with E-state index in [2.05, 4.69) is 22.2 Å². The van der Waals surface area contributed by atoms with Crippen LogP contribution in [-0.4, -0.2) is 27.2 Å². The first-order chi connectivity index (χ1) is 8.69. The highest BCUT2D eigenvalue weighted by atomic mass is 35.5. The van der Waals surface area contributed by atoms with E-state index < -0.39 is 0 Å².